The van der Waals surface area contributed by atoms with Gasteiger partial charge in [-0.05, 0) is 25.2 Å². The van der Waals surface area contributed by atoms with E-state index in [4.69, 9.17) is 0 Å². The van der Waals surface area contributed by atoms with Crippen molar-refractivity contribution in [2.45, 2.75) is 32.6 Å². The van der Waals surface area contributed by atoms with Gasteiger partial charge in [-0.3, -0.25) is 9.59 Å². The molecular weight excluding hydrogens is 204 g/mol. The number of rotatable bonds is 2. The molecule has 0 spiro atoms. The Bertz CT molecular complexity index is 291. The van der Waals surface area contributed by atoms with Crippen LogP contribution in [0.2, 0.25) is 0 Å². The lowest BCUT2D eigenvalue weighted by molar-refractivity contribution is -0.139. The van der Waals surface area contributed by atoms with E-state index in [1.165, 1.54) is 6.42 Å². The molecule has 0 bridgehead atoms. The highest BCUT2D eigenvalue weighted by Crippen LogP contribution is 2.16. The lowest BCUT2D eigenvalue weighted by Gasteiger charge is -2.32. The van der Waals surface area contributed by atoms with Crippen LogP contribution in [0.25, 0.3) is 0 Å². The molecule has 1 atom stereocenters. The van der Waals surface area contributed by atoms with Gasteiger partial charge in [0.1, 0.15) is 0 Å². The van der Waals surface area contributed by atoms with Crippen molar-refractivity contribution < 1.29 is 9.59 Å². The molecule has 4 nitrogen and oxygen atoms in total. The van der Waals surface area contributed by atoms with Gasteiger partial charge in [0.2, 0.25) is 11.8 Å². The van der Waals surface area contributed by atoms with E-state index >= 15 is 0 Å². The fourth-order valence-electron chi connectivity index (χ4n) is 2.55. The van der Waals surface area contributed by atoms with Crippen LogP contribution in [0.1, 0.15) is 32.6 Å². The van der Waals surface area contributed by atoms with Crippen LogP contribution >= 0.6 is 0 Å². The lowest BCUT2D eigenvalue weighted by Crippen LogP contribution is -2.45. The summed E-state index contributed by atoms with van der Waals surface area (Å²) >= 11 is 0. The largest absolute Gasteiger partial charge is 0.341 e. The molecule has 0 N–H and O–H groups in total. The summed E-state index contributed by atoms with van der Waals surface area (Å²) < 4.78 is 0. The molecule has 0 aromatic carbocycles. The molecule has 0 aliphatic carbocycles. The number of carbonyl (C=O) groups is 2. The zero-order valence-corrected chi connectivity index (χ0v) is 9.95. The van der Waals surface area contributed by atoms with Gasteiger partial charge in [-0.2, -0.15) is 0 Å². The maximum atomic E-state index is 12.0. The van der Waals surface area contributed by atoms with E-state index in [2.05, 4.69) is 6.92 Å². The molecule has 90 valence electrons. The molecule has 2 heterocycles. The summed E-state index contributed by atoms with van der Waals surface area (Å²) in [7, 11) is 0. The molecule has 0 radical (unpaired) electrons. The first-order chi connectivity index (χ1) is 7.66. The normalized spacial score (nSPS) is 26.3. The van der Waals surface area contributed by atoms with Gasteiger partial charge in [0.25, 0.3) is 0 Å². The summed E-state index contributed by atoms with van der Waals surface area (Å²) in [5.41, 5.74) is 0. The quantitative estimate of drug-likeness (QED) is 0.698. The molecule has 4 heteroatoms. The van der Waals surface area contributed by atoms with Crippen LogP contribution in [-0.4, -0.2) is 47.8 Å². The van der Waals surface area contributed by atoms with Crippen molar-refractivity contribution in [2.75, 3.05) is 26.2 Å². The summed E-state index contributed by atoms with van der Waals surface area (Å²) in [6, 6.07) is 0. The summed E-state index contributed by atoms with van der Waals surface area (Å²) in [5, 5.41) is 0. The first-order valence-electron chi connectivity index (χ1n) is 6.22. The average Bonchev–Trinajstić information content (AvgIpc) is 2.64. The minimum Gasteiger partial charge on any atom is -0.341 e. The highest BCUT2D eigenvalue weighted by molar-refractivity contribution is 5.85. The summed E-state index contributed by atoms with van der Waals surface area (Å²) in [5.74, 6) is 0.868. The van der Waals surface area contributed by atoms with Crippen molar-refractivity contribution in [3.63, 3.8) is 0 Å². The average molecular weight is 224 g/mol. The van der Waals surface area contributed by atoms with Gasteiger partial charge in [-0.15, -0.1) is 0 Å². The molecule has 0 aromatic rings. The molecule has 2 saturated heterocycles. The Balaban J connectivity index is 1.85. The molecule has 0 saturated carbocycles. The summed E-state index contributed by atoms with van der Waals surface area (Å²) in [6.45, 7) is 4.96. The van der Waals surface area contributed by atoms with E-state index in [1.807, 2.05) is 4.90 Å². The second kappa shape index (κ2) is 4.85. The van der Waals surface area contributed by atoms with Crippen molar-refractivity contribution in [1.29, 1.82) is 0 Å². The number of hydrogen-bond donors (Lipinski definition) is 0. The van der Waals surface area contributed by atoms with Gasteiger partial charge >= 0.3 is 0 Å². The Morgan fingerprint density at radius 1 is 1.38 bits per heavy atom. The van der Waals surface area contributed by atoms with Crippen LogP contribution in [0.3, 0.4) is 0 Å². The van der Waals surface area contributed by atoms with Crippen LogP contribution < -0.4 is 0 Å². The number of nitrogens with zero attached hydrogens (tertiary/aromatic N) is 2. The van der Waals surface area contributed by atoms with E-state index in [1.54, 1.807) is 4.90 Å². The molecule has 2 fully saturated rings. The zero-order chi connectivity index (χ0) is 11.5. The van der Waals surface area contributed by atoms with Crippen LogP contribution in [0.15, 0.2) is 0 Å². The molecule has 2 amide bonds. The van der Waals surface area contributed by atoms with E-state index in [-0.39, 0.29) is 11.8 Å². The fraction of sp³-hybridized carbons (Fsp3) is 0.833. The second-order valence-corrected chi connectivity index (χ2v) is 5.01. The van der Waals surface area contributed by atoms with E-state index in [9.17, 15) is 9.59 Å². The van der Waals surface area contributed by atoms with Gasteiger partial charge in [0.05, 0.1) is 6.54 Å². The predicted octanol–water partition coefficient (Wildman–Crippen LogP) is 0.867. The van der Waals surface area contributed by atoms with Gasteiger partial charge in [-0.25, -0.2) is 0 Å². The van der Waals surface area contributed by atoms with Gasteiger partial charge in [0.15, 0.2) is 0 Å². The highest BCUT2D eigenvalue weighted by Gasteiger charge is 2.26. The molecule has 2 rings (SSSR count). The molecule has 2 aliphatic rings. The highest BCUT2D eigenvalue weighted by atomic mass is 16.2. The van der Waals surface area contributed by atoms with Crippen molar-refractivity contribution in [1.82, 2.24) is 9.80 Å². The Labute approximate surface area is 96.6 Å². The van der Waals surface area contributed by atoms with Crippen LogP contribution in [0.4, 0.5) is 0 Å². The molecule has 2 aliphatic heterocycles. The van der Waals surface area contributed by atoms with Crippen molar-refractivity contribution in [2.24, 2.45) is 5.92 Å². The number of carbonyl (C=O) groups excluding carboxylic acids is 2. The lowest BCUT2D eigenvalue weighted by atomic mass is 10.0. The van der Waals surface area contributed by atoms with E-state index in [0.717, 1.165) is 32.5 Å². The molecule has 16 heavy (non-hydrogen) atoms. The van der Waals surface area contributed by atoms with E-state index < -0.39 is 0 Å². The zero-order valence-electron chi connectivity index (χ0n) is 9.95. The first-order valence-corrected chi connectivity index (χ1v) is 6.22. The van der Waals surface area contributed by atoms with Crippen molar-refractivity contribution in [3.05, 3.63) is 0 Å². The predicted molar refractivity (Wildman–Crippen MR) is 60.8 cm³/mol. The Hall–Kier alpha value is -1.06. The Morgan fingerprint density at radius 2 is 2.19 bits per heavy atom. The SMILES string of the molecule is CC1CCCN(C(=O)CN2CCCC2=O)C1. The molecule has 0 aromatic heterocycles. The van der Waals surface area contributed by atoms with Crippen molar-refractivity contribution in [3.8, 4) is 0 Å². The monoisotopic (exact) mass is 224 g/mol. The second-order valence-electron chi connectivity index (χ2n) is 5.01. The van der Waals surface area contributed by atoms with Gasteiger partial charge in [0, 0.05) is 26.1 Å². The topological polar surface area (TPSA) is 40.6 Å². The first kappa shape index (κ1) is 11.4. The number of likely N-dealkylation sites (tertiary alicyclic amines) is 2. The third-order valence-electron chi connectivity index (χ3n) is 3.51. The minimum atomic E-state index is 0.127. The maximum Gasteiger partial charge on any atom is 0.242 e. The number of hydrogen-bond acceptors (Lipinski definition) is 2. The summed E-state index contributed by atoms with van der Waals surface area (Å²) in [6.07, 6.45) is 3.83. The summed E-state index contributed by atoms with van der Waals surface area (Å²) in [4.78, 5) is 27.0. The van der Waals surface area contributed by atoms with Crippen LogP contribution in [-0.2, 0) is 9.59 Å². The third-order valence-corrected chi connectivity index (χ3v) is 3.51. The van der Waals surface area contributed by atoms with Crippen LogP contribution in [0.5, 0.6) is 0 Å². The minimum absolute atomic E-state index is 0.127. The number of piperidine rings is 1. The Kier molecular flexibility index (Phi) is 3.46. The standard InChI is InChI=1S/C12H20N2O2/c1-10-4-2-6-13(8-10)12(16)9-14-7-3-5-11(14)15/h10H,2-9H2,1H3. The third kappa shape index (κ3) is 2.54. The molecular formula is C12H20N2O2. The fourth-order valence-corrected chi connectivity index (χ4v) is 2.55. The van der Waals surface area contributed by atoms with Gasteiger partial charge in [-0.1, -0.05) is 6.92 Å². The number of amides is 2. The molecule has 1 unspecified atom stereocenters. The van der Waals surface area contributed by atoms with Crippen LogP contribution in [0, 0.1) is 5.92 Å². The smallest absolute Gasteiger partial charge is 0.242 e. The maximum absolute atomic E-state index is 12.0. The van der Waals surface area contributed by atoms with E-state index in [0.29, 0.717) is 18.9 Å². The Morgan fingerprint density at radius 3 is 2.81 bits per heavy atom. The van der Waals surface area contributed by atoms with Crippen molar-refractivity contribution >= 4 is 11.8 Å². The van der Waals surface area contributed by atoms with Gasteiger partial charge < -0.3 is 9.80 Å².